The van der Waals surface area contributed by atoms with E-state index in [2.05, 4.69) is 0 Å². The predicted molar refractivity (Wildman–Crippen MR) is 53.7 cm³/mol. The molecule has 0 aliphatic rings. The van der Waals surface area contributed by atoms with E-state index in [0.29, 0.717) is 0 Å². The van der Waals surface area contributed by atoms with E-state index in [9.17, 15) is 52.7 Å². The van der Waals surface area contributed by atoms with Gasteiger partial charge in [-0.3, -0.25) is 0 Å². The van der Waals surface area contributed by atoms with Crippen LogP contribution in [-0.4, -0.2) is 28.1 Å². The minimum Gasteiger partial charge on any atom is -0.224 e. The zero-order valence-electron chi connectivity index (χ0n) is 9.41. The summed E-state index contributed by atoms with van der Waals surface area (Å²) in [5.74, 6) is -3.82. The quantitative estimate of drug-likeness (QED) is 0.285. The van der Waals surface area contributed by atoms with Crippen molar-refractivity contribution < 1.29 is 52.7 Å². The Morgan fingerprint density at radius 2 is 0.952 bits per heavy atom. The van der Waals surface area contributed by atoms with Gasteiger partial charge in [0.2, 0.25) is 0 Å². The molecular formula is C8H5F12I. The molecule has 0 bridgehead atoms. The number of alkyl halides is 13. The molecule has 0 radical (unpaired) electrons. The maximum atomic E-state index is 13.2. The summed E-state index contributed by atoms with van der Waals surface area (Å²) in [4.78, 5) is 0. The molecule has 0 aliphatic carbocycles. The van der Waals surface area contributed by atoms with E-state index in [0.717, 1.165) is 0 Å². The molecule has 0 fully saturated rings. The van der Waals surface area contributed by atoms with Crippen LogP contribution in [0, 0.1) is 5.92 Å². The molecule has 0 spiro atoms. The van der Waals surface area contributed by atoms with Gasteiger partial charge in [-0.25, -0.2) is 4.39 Å². The molecule has 0 nitrogen and oxygen atoms in total. The molecule has 0 saturated heterocycles. The Hall–Kier alpha value is -0.110. The lowest BCUT2D eigenvalue weighted by Gasteiger charge is -2.34. The van der Waals surface area contributed by atoms with Gasteiger partial charge in [-0.15, -0.1) is 0 Å². The maximum absolute atomic E-state index is 13.2. The molecule has 1 unspecified atom stereocenters. The van der Waals surface area contributed by atoms with Gasteiger partial charge >= 0.3 is 18.5 Å². The molecule has 0 amide bonds. The summed E-state index contributed by atoms with van der Waals surface area (Å²) in [5.41, 5.74) is -6.23. The molecule has 1 atom stereocenters. The standard InChI is InChI=1S/C8H5F12I/c9-4(7(15,16)17,8(18,19)20)1-3(6(12,13)14)2-5(10,11)21/h3H,1-2H2. The number of halogens is 13. The monoisotopic (exact) mass is 456 g/mol. The van der Waals surface area contributed by atoms with Gasteiger partial charge in [0.25, 0.3) is 9.60 Å². The molecular weight excluding hydrogens is 451 g/mol. The average molecular weight is 456 g/mol. The van der Waals surface area contributed by atoms with Crippen molar-refractivity contribution in [2.75, 3.05) is 0 Å². The van der Waals surface area contributed by atoms with Gasteiger partial charge in [0, 0.05) is 12.8 Å². The van der Waals surface area contributed by atoms with Crippen molar-refractivity contribution in [2.24, 2.45) is 5.92 Å². The van der Waals surface area contributed by atoms with E-state index in [-0.39, 0.29) is 22.6 Å². The van der Waals surface area contributed by atoms with Crippen molar-refractivity contribution in [1.29, 1.82) is 0 Å². The molecule has 21 heavy (non-hydrogen) atoms. The zero-order chi connectivity index (χ0) is 17.5. The predicted octanol–water partition coefficient (Wildman–Crippen LogP) is 5.81. The molecule has 0 heterocycles. The minimum atomic E-state index is -6.73. The van der Waals surface area contributed by atoms with Gasteiger partial charge < -0.3 is 0 Å². The molecule has 13 heteroatoms. The second-order valence-corrected chi connectivity index (χ2v) is 5.64. The highest BCUT2D eigenvalue weighted by Crippen LogP contribution is 2.53. The van der Waals surface area contributed by atoms with E-state index in [4.69, 9.17) is 0 Å². The second kappa shape index (κ2) is 5.83. The van der Waals surface area contributed by atoms with Crippen molar-refractivity contribution in [3.8, 4) is 0 Å². The molecule has 0 rings (SSSR count). The zero-order valence-corrected chi connectivity index (χ0v) is 11.6. The Bertz CT molecular complexity index is 330. The Labute approximate surface area is 123 Å². The lowest BCUT2D eigenvalue weighted by atomic mass is 9.88. The van der Waals surface area contributed by atoms with Crippen molar-refractivity contribution in [3.63, 3.8) is 0 Å². The van der Waals surface area contributed by atoms with Crippen LogP contribution in [0.25, 0.3) is 0 Å². The summed E-state index contributed by atoms with van der Waals surface area (Å²) in [5, 5.41) is 0. The van der Waals surface area contributed by atoms with Gasteiger partial charge in [-0.1, -0.05) is 0 Å². The van der Waals surface area contributed by atoms with Gasteiger partial charge in [0.05, 0.1) is 5.92 Å². The van der Waals surface area contributed by atoms with Crippen molar-refractivity contribution in [1.82, 2.24) is 0 Å². The van der Waals surface area contributed by atoms with Crippen LogP contribution in [-0.2, 0) is 0 Å². The lowest BCUT2D eigenvalue weighted by molar-refractivity contribution is -0.353. The van der Waals surface area contributed by atoms with E-state index < -0.39 is 46.9 Å². The largest absolute Gasteiger partial charge is 0.431 e. The summed E-state index contributed by atoms with van der Waals surface area (Å²) >= 11 is 0.107. The van der Waals surface area contributed by atoms with Crippen LogP contribution >= 0.6 is 22.6 Å². The maximum Gasteiger partial charge on any atom is 0.431 e. The molecule has 0 aromatic heterocycles. The number of rotatable bonds is 4. The third-order valence-electron chi connectivity index (χ3n) is 2.37. The average Bonchev–Trinajstić information content (AvgIpc) is 2.08. The first-order valence-corrected chi connectivity index (χ1v) is 5.85. The number of hydrogen-bond acceptors (Lipinski definition) is 0. The van der Waals surface area contributed by atoms with Crippen LogP contribution < -0.4 is 0 Å². The molecule has 0 aliphatic heterocycles. The van der Waals surface area contributed by atoms with Crippen LogP contribution in [0.4, 0.5) is 52.7 Å². The van der Waals surface area contributed by atoms with Gasteiger partial charge in [0.1, 0.15) is 0 Å². The van der Waals surface area contributed by atoms with Crippen molar-refractivity contribution in [3.05, 3.63) is 0 Å². The third-order valence-corrected chi connectivity index (χ3v) is 2.81. The van der Waals surface area contributed by atoms with Gasteiger partial charge in [-0.05, 0) is 22.6 Å². The highest BCUT2D eigenvalue weighted by molar-refractivity contribution is 14.1. The van der Waals surface area contributed by atoms with E-state index in [1.807, 2.05) is 0 Å². The Morgan fingerprint density at radius 3 is 1.14 bits per heavy atom. The summed E-state index contributed by atoms with van der Waals surface area (Å²) in [7, 11) is 0. The second-order valence-electron chi connectivity index (χ2n) is 4.06. The van der Waals surface area contributed by atoms with Crippen LogP contribution in [0.15, 0.2) is 0 Å². The van der Waals surface area contributed by atoms with Crippen LogP contribution in [0.3, 0.4) is 0 Å². The van der Waals surface area contributed by atoms with E-state index in [1.54, 1.807) is 0 Å². The first-order chi connectivity index (χ1) is 8.81. The minimum absolute atomic E-state index is 0.107. The Balaban J connectivity index is 5.66. The van der Waals surface area contributed by atoms with E-state index in [1.165, 1.54) is 0 Å². The first kappa shape index (κ1) is 20.9. The summed E-state index contributed by atoms with van der Waals surface area (Å²) < 4.78 is 144. The SMILES string of the molecule is FC(F)(I)CC(CC(F)(C(F)(F)F)C(F)(F)F)C(F)(F)F. The van der Waals surface area contributed by atoms with E-state index >= 15 is 0 Å². The van der Waals surface area contributed by atoms with Gasteiger partial charge in [-0.2, -0.15) is 48.3 Å². The lowest BCUT2D eigenvalue weighted by Crippen LogP contribution is -2.55. The summed E-state index contributed by atoms with van der Waals surface area (Å²) in [6.45, 7) is 0. The van der Waals surface area contributed by atoms with Crippen molar-refractivity contribution in [2.45, 2.75) is 41.0 Å². The number of hydrogen-bond donors (Lipinski definition) is 0. The fourth-order valence-corrected chi connectivity index (χ4v) is 1.85. The van der Waals surface area contributed by atoms with Crippen LogP contribution in [0.2, 0.25) is 0 Å². The van der Waals surface area contributed by atoms with Crippen LogP contribution in [0.5, 0.6) is 0 Å². The van der Waals surface area contributed by atoms with Crippen LogP contribution in [0.1, 0.15) is 12.8 Å². The van der Waals surface area contributed by atoms with Gasteiger partial charge in [0.15, 0.2) is 0 Å². The van der Waals surface area contributed by atoms with Crippen molar-refractivity contribution >= 4 is 22.6 Å². The molecule has 0 saturated carbocycles. The topological polar surface area (TPSA) is 0 Å². The summed E-state index contributed by atoms with van der Waals surface area (Å²) in [6.07, 6.45) is -24.9. The highest BCUT2D eigenvalue weighted by Gasteiger charge is 2.74. The Morgan fingerprint density at radius 1 is 0.619 bits per heavy atom. The summed E-state index contributed by atoms with van der Waals surface area (Å²) in [6, 6.07) is 0. The smallest absolute Gasteiger partial charge is 0.224 e. The molecule has 0 aromatic carbocycles. The first-order valence-electron chi connectivity index (χ1n) is 4.77. The molecule has 0 aromatic rings. The molecule has 128 valence electrons. The fraction of sp³-hybridized carbons (Fsp3) is 1.00. The Kier molecular flexibility index (Phi) is 5.80. The third kappa shape index (κ3) is 5.54. The highest BCUT2D eigenvalue weighted by atomic mass is 127. The normalized spacial score (nSPS) is 17.0. The molecule has 0 N–H and O–H groups in total. The fourth-order valence-electron chi connectivity index (χ4n) is 1.31.